The number of carbonyl (C=O) groups excluding carboxylic acids is 3. The first-order valence-corrected chi connectivity index (χ1v) is 9.19. The lowest BCUT2D eigenvalue weighted by Gasteiger charge is -2.17. The van der Waals surface area contributed by atoms with Crippen LogP contribution in [0.4, 0.5) is 11.4 Å². The molecule has 26 heavy (non-hydrogen) atoms. The number of amides is 3. The van der Waals surface area contributed by atoms with Crippen molar-refractivity contribution >= 4 is 29.1 Å². The molecule has 1 aromatic carbocycles. The normalized spacial score (nSPS) is 16.8. The van der Waals surface area contributed by atoms with Crippen molar-refractivity contribution < 1.29 is 14.4 Å². The summed E-state index contributed by atoms with van der Waals surface area (Å²) in [5, 5.41) is 5.79. The zero-order chi connectivity index (χ0) is 18.5. The van der Waals surface area contributed by atoms with Gasteiger partial charge in [0.1, 0.15) is 0 Å². The van der Waals surface area contributed by atoms with Gasteiger partial charge in [0.25, 0.3) is 0 Å². The van der Waals surface area contributed by atoms with Crippen LogP contribution in [0.5, 0.6) is 0 Å². The van der Waals surface area contributed by atoms with Crippen LogP contribution in [0.2, 0.25) is 0 Å². The van der Waals surface area contributed by atoms with Crippen molar-refractivity contribution in [2.75, 3.05) is 36.9 Å². The molecule has 2 aliphatic rings. The zero-order valence-electron chi connectivity index (χ0n) is 15.2. The van der Waals surface area contributed by atoms with Crippen LogP contribution in [0.1, 0.15) is 32.1 Å². The Kier molecular flexibility index (Phi) is 5.88. The van der Waals surface area contributed by atoms with Gasteiger partial charge in [-0.3, -0.25) is 19.3 Å². The Hall–Kier alpha value is -2.41. The topological polar surface area (TPSA) is 81.8 Å². The van der Waals surface area contributed by atoms with Crippen LogP contribution in [0.25, 0.3) is 0 Å². The fourth-order valence-electron chi connectivity index (χ4n) is 2.99. The van der Waals surface area contributed by atoms with E-state index in [0.717, 1.165) is 31.5 Å². The second kappa shape index (κ2) is 8.31. The first kappa shape index (κ1) is 18.4. The minimum absolute atomic E-state index is 0.0162. The number of benzene rings is 1. The molecule has 140 valence electrons. The maximum absolute atomic E-state index is 12.1. The van der Waals surface area contributed by atoms with Gasteiger partial charge in [0.05, 0.1) is 6.54 Å². The largest absolute Gasteiger partial charge is 0.352 e. The second-order valence-corrected chi connectivity index (χ2v) is 7.07. The van der Waals surface area contributed by atoms with Gasteiger partial charge in [0, 0.05) is 43.3 Å². The molecule has 1 saturated carbocycles. The molecule has 1 aliphatic carbocycles. The van der Waals surface area contributed by atoms with E-state index in [-0.39, 0.29) is 17.7 Å². The van der Waals surface area contributed by atoms with E-state index in [2.05, 4.69) is 10.6 Å². The maximum Gasteiger partial charge on any atom is 0.234 e. The standard InChI is InChI=1S/C19H26N4O3/c1-22(13-18(25)21-14-4-5-14)12-10-17(24)20-15-6-8-16(9-7-15)23-11-2-3-19(23)26/h6-9,14H,2-5,10-13H2,1H3,(H,20,24)(H,21,25). The molecule has 0 unspecified atom stereocenters. The van der Waals surface area contributed by atoms with E-state index in [0.29, 0.717) is 37.7 Å². The summed E-state index contributed by atoms with van der Waals surface area (Å²) >= 11 is 0. The molecule has 7 nitrogen and oxygen atoms in total. The predicted octanol–water partition coefficient (Wildman–Crippen LogP) is 1.35. The van der Waals surface area contributed by atoms with Gasteiger partial charge in [-0.2, -0.15) is 0 Å². The van der Waals surface area contributed by atoms with Crippen molar-refractivity contribution in [3.05, 3.63) is 24.3 Å². The summed E-state index contributed by atoms with van der Waals surface area (Å²) in [6.07, 6.45) is 3.96. The quantitative estimate of drug-likeness (QED) is 0.735. The summed E-state index contributed by atoms with van der Waals surface area (Å²) in [6.45, 7) is 1.58. The molecule has 3 amide bonds. The van der Waals surface area contributed by atoms with Crippen LogP contribution in [0.3, 0.4) is 0 Å². The molecule has 2 N–H and O–H groups in total. The lowest BCUT2D eigenvalue weighted by atomic mass is 10.2. The summed E-state index contributed by atoms with van der Waals surface area (Å²) in [5.74, 6) is 0.0717. The van der Waals surface area contributed by atoms with E-state index in [1.807, 2.05) is 36.2 Å². The first-order chi connectivity index (χ1) is 12.5. The average molecular weight is 358 g/mol. The fourth-order valence-corrected chi connectivity index (χ4v) is 2.99. The van der Waals surface area contributed by atoms with Gasteiger partial charge < -0.3 is 15.5 Å². The predicted molar refractivity (Wildman–Crippen MR) is 99.9 cm³/mol. The Bertz CT molecular complexity index is 670. The van der Waals surface area contributed by atoms with Gasteiger partial charge in [0.15, 0.2) is 0 Å². The number of anilines is 2. The van der Waals surface area contributed by atoms with Crippen molar-refractivity contribution in [1.82, 2.24) is 10.2 Å². The third-order valence-electron chi connectivity index (χ3n) is 4.61. The molecule has 0 aromatic heterocycles. The number of likely N-dealkylation sites (N-methyl/N-ethyl adjacent to an activating group) is 1. The van der Waals surface area contributed by atoms with Crippen LogP contribution < -0.4 is 15.5 Å². The van der Waals surface area contributed by atoms with E-state index < -0.39 is 0 Å². The van der Waals surface area contributed by atoms with E-state index in [1.165, 1.54) is 0 Å². The summed E-state index contributed by atoms with van der Waals surface area (Å²) < 4.78 is 0. The van der Waals surface area contributed by atoms with Crippen LogP contribution in [0.15, 0.2) is 24.3 Å². The summed E-state index contributed by atoms with van der Waals surface area (Å²) in [7, 11) is 1.83. The molecule has 0 radical (unpaired) electrons. The Balaban J connectivity index is 1.39. The Morgan fingerprint density at radius 3 is 2.54 bits per heavy atom. The van der Waals surface area contributed by atoms with E-state index >= 15 is 0 Å². The molecule has 1 aliphatic heterocycles. The highest BCUT2D eigenvalue weighted by Gasteiger charge is 2.23. The smallest absolute Gasteiger partial charge is 0.234 e. The Labute approximate surface area is 153 Å². The van der Waals surface area contributed by atoms with E-state index in [1.54, 1.807) is 4.90 Å². The van der Waals surface area contributed by atoms with Crippen molar-refractivity contribution in [3.63, 3.8) is 0 Å². The summed E-state index contributed by atoms with van der Waals surface area (Å²) in [5.41, 5.74) is 1.58. The molecule has 2 fully saturated rings. The summed E-state index contributed by atoms with van der Waals surface area (Å²) in [4.78, 5) is 39.2. The van der Waals surface area contributed by atoms with E-state index in [9.17, 15) is 14.4 Å². The lowest BCUT2D eigenvalue weighted by Crippen LogP contribution is -2.37. The van der Waals surface area contributed by atoms with Crippen molar-refractivity contribution in [3.8, 4) is 0 Å². The van der Waals surface area contributed by atoms with Crippen LogP contribution in [-0.4, -0.2) is 55.3 Å². The first-order valence-electron chi connectivity index (χ1n) is 9.19. The van der Waals surface area contributed by atoms with Crippen molar-refractivity contribution in [2.45, 2.75) is 38.1 Å². The average Bonchev–Trinajstić information content (AvgIpc) is 3.31. The van der Waals surface area contributed by atoms with Gasteiger partial charge in [-0.15, -0.1) is 0 Å². The minimum atomic E-state index is -0.0931. The van der Waals surface area contributed by atoms with Crippen molar-refractivity contribution in [2.24, 2.45) is 0 Å². The molecule has 7 heteroatoms. The Morgan fingerprint density at radius 1 is 1.19 bits per heavy atom. The maximum atomic E-state index is 12.1. The monoisotopic (exact) mass is 358 g/mol. The lowest BCUT2D eigenvalue weighted by molar-refractivity contribution is -0.123. The summed E-state index contributed by atoms with van der Waals surface area (Å²) in [6, 6.07) is 7.69. The zero-order valence-corrected chi connectivity index (χ0v) is 15.2. The molecular formula is C19H26N4O3. The molecule has 3 rings (SSSR count). The Morgan fingerprint density at radius 2 is 1.92 bits per heavy atom. The van der Waals surface area contributed by atoms with Crippen molar-refractivity contribution in [1.29, 1.82) is 0 Å². The third kappa shape index (κ3) is 5.29. The van der Waals surface area contributed by atoms with E-state index in [4.69, 9.17) is 0 Å². The van der Waals surface area contributed by atoms with Gasteiger partial charge in [-0.05, 0) is 50.6 Å². The molecule has 1 saturated heterocycles. The van der Waals surface area contributed by atoms with Crippen LogP contribution in [0, 0.1) is 0 Å². The van der Waals surface area contributed by atoms with Gasteiger partial charge >= 0.3 is 0 Å². The highest BCUT2D eigenvalue weighted by Crippen LogP contribution is 2.23. The number of carbonyl (C=O) groups is 3. The van der Waals surface area contributed by atoms with Gasteiger partial charge in [-0.1, -0.05) is 0 Å². The molecule has 0 bridgehead atoms. The third-order valence-corrected chi connectivity index (χ3v) is 4.61. The highest BCUT2D eigenvalue weighted by molar-refractivity contribution is 5.96. The number of hydrogen-bond acceptors (Lipinski definition) is 4. The molecule has 0 spiro atoms. The number of nitrogens with one attached hydrogen (secondary N) is 2. The van der Waals surface area contributed by atoms with Gasteiger partial charge in [0.2, 0.25) is 17.7 Å². The van der Waals surface area contributed by atoms with Crippen LogP contribution in [-0.2, 0) is 14.4 Å². The number of rotatable bonds is 8. The van der Waals surface area contributed by atoms with Gasteiger partial charge in [-0.25, -0.2) is 0 Å². The highest BCUT2D eigenvalue weighted by atomic mass is 16.2. The molecule has 1 heterocycles. The molecule has 0 atom stereocenters. The van der Waals surface area contributed by atoms with Crippen LogP contribution >= 0.6 is 0 Å². The fraction of sp³-hybridized carbons (Fsp3) is 0.526. The SMILES string of the molecule is CN(CCC(=O)Nc1ccc(N2CCCC2=O)cc1)CC(=O)NC1CC1. The minimum Gasteiger partial charge on any atom is -0.352 e. The number of hydrogen-bond donors (Lipinski definition) is 2. The number of nitrogens with zero attached hydrogens (tertiary/aromatic N) is 2. The second-order valence-electron chi connectivity index (χ2n) is 7.07. The molecule has 1 aromatic rings. The molecular weight excluding hydrogens is 332 g/mol.